The number of carbonyl (C=O) groups is 1. The van der Waals surface area contributed by atoms with Crippen molar-refractivity contribution in [1.82, 2.24) is 9.97 Å². The Morgan fingerprint density at radius 1 is 0.963 bits per heavy atom. The van der Waals surface area contributed by atoms with Crippen LogP contribution in [0.3, 0.4) is 0 Å². The molecule has 4 rings (SSSR count). The zero-order chi connectivity index (χ0) is 18.8. The van der Waals surface area contributed by atoms with E-state index in [-0.39, 0.29) is 11.9 Å². The number of aromatic nitrogens is 2. The predicted octanol–water partition coefficient (Wildman–Crippen LogP) is 4.78. The minimum absolute atomic E-state index is 0.198. The van der Waals surface area contributed by atoms with Crippen LogP contribution in [0.15, 0.2) is 72.9 Å². The largest absolute Gasteiger partial charge is 0.368 e. The lowest BCUT2D eigenvalue weighted by Gasteiger charge is -2.08. The van der Waals surface area contributed by atoms with Crippen molar-refractivity contribution in [2.24, 2.45) is 0 Å². The molecule has 1 amide bonds. The number of nitrogens with two attached hydrogens (primary N) is 1. The zero-order valence-corrected chi connectivity index (χ0v) is 14.9. The van der Waals surface area contributed by atoms with Gasteiger partial charge in [0.05, 0.1) is 5.52 Å². The van der Waals surface area contributed by atoms with Crippen molar-refractivity contribution in [3.63, 3.8) is 0 Å². The van der Waals surface area contributed by atoms with Crippen molar-refractivity contribution in [3.8, 4) is 11.1 Å². The summed E-state index contributed by atoms with van der Waals surface area (Å²) in [5.74, 6) is 0.0472. The lowest BCUT2D eigenvalue weighted by Crippen LogP contribution is -2.11. The number of carbonyl (C=O) groups excluding carboxylic acids is 1. The highest BCUT2D eigenvalue weighted by Crippen LogP contribution is 2.25. The number of benzene rings is 3. The Morgan fingerprint density at radius 3 is 2.63 bits per heavy atom. The first-order valence-electron chi connectivity index (χ1n) is 8.28. The summed E-state index contributed by atoms with van der Waals surface area (Å²) in [5, 5.41) is 4.31. The Kier molecular flexibility index (Phi) is 4.44. The van der Waals surface area contributed by atoms with Gasteiger partial charge in [0.2, 0.25) is 5.95 Å². The average molecular weight is 375 g/mol. The lowest BCUT2D eigenvalue weighted by atomic mass is 10.0. The first-order chi connectivity index (χ1) is 13.1. The Balaban J connectivity index is 1.64. The highest BCUT2D eigenvalue weighted by atomic mass is 35.5. The maximum Gasteiger partial charge on any atom is 0.255 e. The molecule has 0 aliphatic carbocycles. The van der Waals surface area contributed by atoms with Gasteiger partial charge >= 0.3 is 0 Å². The van der Waals surface area contributed by atoms with Crippen molar-refractivity contribution in [3.05, 3.63) is 83.5 Å². The van der Waals surface area contributed by atoms with Gasteiger partial charge in [0.1, 0.15) is 0 Å². The number of hydrogen-bond donors (Lipinski definition) is 2. The summed E-state index contributed by atoms with van der Waals surface area (Å²) in [7, 11) is 0. The van der Waals surface area contributed by atoms with Gasteiger partial charge in [0.25, 0.3) is 5.91 Å². The molecule has 0 aliphatic heterocycles. The highest BCUT2D eigenvalue weighted by molar-refractivity contribution is 6.31. The number of nitrogens with one attached hydrogen (secondary N) is 1. The van der Waals surface area contributed by atoms with Crippen molar-refractivity contribution in [2.45, 2.75) is 0 Å². The van der Waals surface area contributed by atoms with Crippen LogP contribution in [0.2, 0.25) is 5.02 Å². The van der Waals surface area contributed by atoms with Crippen LogP contribution in [0.25, 0.3) is 22.0 Å². The third-order valence-corrected chi connectivity index (χ3v) is 4.37. The number of hydrogen-bond acceptors (Lipinski definition) is 4. The number of halogens is 1. The lowest BCUT2D eigenvalue weighted by molar-refractivity contribution is 0.102. The molecule has 5 nitrogen and oxygen atoms in total. The number of amides is 1. The first-order valence-corrected chi connectivity index (χ1v) is 8.66. The third kappa shape index (κ3) is 3.73. The van der Waals surface area contributed by atoms with Crippen LogP contribution in [0.5, 0.6) is 0 Å². The normalized spacial score (nSPS) is 10.7. The van der Waals surface area contributed by atoms with Gasteiger partial charge in [-0.05, 0) is 53.6 Å². The van der Waals surface area contributed by atoms with Crippen LogP contribution in [-0.4, -0.2) is 15.9 Å². The molecule has 0 spiro atoms. The number of rotatable bonds is 3. The molecule has 1 aromatic heterocycles. The van der Waals surface area contributed by atoms with E-state index in [9.17, 15) is 4.79 Å². The van der Waals surface area contributed by atoms with Gasteiger partial charge in [-0.15, -0.1) is 0 Å². The standard InChI is InChI=1S/C21H15ClN4O/c22-17-5-2-6-18(11-17)25-20(27)15-4-1-3-13(9-15)14-7-8-19-16(10-14)12-24-21(23)26-19/h1-12H,(H,25,27)(H2,23,24,26). The Bertz CT molecular complexity index is 1160. The number of anilines is 2. The average Bonchev–Trinajstić information content (AvgIpc) is 2.67. The maximum atomic E-state index is 12.6. The monoisotopic (exact) mass is 374 g/mol. The second-order valence-corrected chi connectivity index (χ2v) is 6.48. The summed E-state index contributed by atoms with van der Waals surface area (Å²) in [6, 6.07) is 20.3. The maximum absolute atomic E-state index is 12.6. The summed E-state index contributed by atoms with van der Waals surface area (Å²) in [6.07, 6.45) is 1.69. The molecule has 0 saturated carbocycles. The fourth-order valence-corrected chi connectivity index (χ4v) is 3.03. The summed E-state index contributed by atoms with van der Waals surface area (Å²) < 4.78 is 0. The van der Waals surface area contributed by atoms with Gasteiger partial charge in [0.15, 0.2) is 0 Å². The Morgan fingerprint density at radius 2 is 1.78 bits per heavy atom. The molecular weight excluding hydrogens is 360 g/mol. The van der Waals surface area contributed by atoms with Crippen LogP contribution in [0.1, 0.15) is 10.4 Å². The van der Waals surface area contributed by atoms with Crippen LogP contribution in [0.4, 0.5) is 11.6 Å². The molecule has 6 heteroatoms. The molecule has 0 unspecified atom stereocenters. The SMILES string of the molecule is Nc1ncc2cc(-c3cccc(C(=O)Nc4cccc(Cl)c4)c3)ccc2n1. The molecule has 4 aromatic rings. The fraction of sp³-hybridized carbons (Fsp3) is 0. The smallest absolute Gasteiger partial charge is 0.255 e. The van der Waals surface area contributed by atoms with Crippen molar-refractivity contribution in [2.75, 3.05) is 11.1 Å². The van der Waals surface area contributed by atoms with E-state index < -0.39 is 0 Å². The van der Waals surface area contributed by atoms with E-state index in [0.717, 1.165) is 22.0 Å². The Hall–Kier alpha value is -3.44. The molecule has 1 heterocycles. The van der Waals surface area contributed by atoms with Gasteiger partial charge in [0, 0.05) is 27.9 Å². The van der Waals surface area contributed by atoms with E-state index in [1.165, 1.54) is 0 Å². The summed E-state index contributed by atoms with van der Waals surface area (Å²) in [5.41, 5.74) is 9.50. The topological polar surface area (TPSA) is 80.9 Å². The van der Waals surface area contributed by atoms with Gasteiger partial charge in [-0.3, -0.25) is 4.79 Å². The molecule has 0 aliphatic rings. The van der Waals surface area contributed by atoms with E-state index in [2.05, 4.69) is 15.3 Å². The predicted molar refractivity (Wildman–Crippen MR) is 109 cm³/mol. The second kappa shape index (κ2) is 7.05. The summed E-state index contributed by atoms with van der Waals surface area (Å²) in [4.78, 5) is 20.8. The van der Waals surface area contributed by atoms with Crippen molar-refractivity contribution < 1.29 is 4.79 Å². The van der Waals surface area contributed by atoms with E-state index in [0.29, 0.717) is 16.3 Å². The highest BCUT2D eigenvalue weighted by Gasteiger charge is 2.09. The molecule has 3 N–H and O–H groups in total. The van der Waals surface area contributed by atoms with Gasteiger partial charge in [-0.1, -0.05) is 35.9 Å². The number of nitrogens with zero attached hydrogens (tertiary/aromatic N) is 2. The van der Waals surface area contributed by atoms with Crippen LogP contribution < -0.4 is 11.1 Å². The van der Waals surface area contributed by atoms with E-state index in [1.807, 2.05) is 36.4 Å². The Labute approximate surface area is 160 Å². The van der Waals surface area contributed by atoms with Crippen molar-refractivity contribution in [1.29, 1.82) is 0 Å². The van der Waals surface area contributed by atoms with Gasteiger partial charge < -0.3 is 11.1 Å². The molecule has 132 valence electrons. The van der Waals surface area contributed by atoms with Crippen LogP contribution >= 0.6 is 11.6 Å². The minimum atomic E-state index is -0.198. The fourth-order valence-electron chi connectivity index (χ4n) is 2.84. The molecule has 0 bridgehead atoms. The minimum Gasteiger partial charge on any atom is -0.368 e. The van der Waals surface area contributed by atoms with Gasteiger partial charge in [-0.2, -0.15) is 0 Å². The van der Waals surface area contributed by atoms with Gasteiger partial charge in [-0.25, -0.2) is 9.97 Å². The zero-order valence-electron chi connectivity index (χ0n) is 14.2. The molecule has 3 aromatic carbocycles. The first kappa shape index (κ1) is 17.0. The van der Waals surface area contributed by atoms with E-state index in [4.69, 9.17) is 17.3 Å². The number of fused-ring (bicyclic) bond motifs is 1. The van der Waals surface area contributed by atoms with Crippen molar-refractivity contribution >= 4 is 40.0 Å². The van der Waals surface area contributed by atoms with Crippen LogP contribution in [-0.2, 0) is 0 Å². The summed E-state index contributed by atoms with van der Waals surface area (Å²) in [6.45, 7) is 0. The molecule has 0 atom stereocenters. The molecule has 0 saturated heterocycles. The molecule has 27 heavy (non-hydrogen) atoms. The quantitative estimate of drug-likeness (QED) is 0.540. The van der Waals surface area contributed by atoms with E-state index >= 15 is 0 Å². The number of nitrogen functional groups attached to an aromatic ring is 1. The second-order valence-electron chi connectivity index (χ2n) is 6.05. The molecular formula is C21H15ClN4O. The third-order valence-electron chi connectivity index (χ3n) is 4.14. The van der Waals surface area contributed by atoms with Crippen LogP contribution in [0, 0.1) is 0 Å². The van der Waals surface area contributed by atoms with E-state index in [1.54, 1.807) is 36.5 Å². The molecule has 0 fully saturated rings. The summed E-state index contributed by atoms with van der Waals surface area (Å²) >= 11 is 5.97. The molecule has 0 radical (unpaired) electrons.